The molecule has 20 heavy (non-hydrogen) atoms. The van der Waals surface area contributed by atoms with Crippen LogP contribution in [0.3, 0.4) is 0 Å². The molecule has 0 aliphatic rings. The van der Waals surface area contributed by atoms with E-state index in [2.05, 4.69) is 4.98 Å². The van der Waals surface area contributed by atoms with Gasteiger partial charge in [0.25, 0.3) is 0 Å². The van der Waals surface area contributed by atoms with Gasteiger partial charge in [0.2, 0.25) is 0 Å². The SMILES string of the molecule is COc1cc(C#N)ccc1-c1nc(C(F)(F)F)cn1C. The van der Waals surface area contributed by atoms with Crippen LogP contribution >= 0.6 is 0 Å². The van der Waals surface area contributed by atoms with Gasteiger partial charge in [0.05, 0.1) is 24.3 Å². The number of hydrogen-bond acceptors (Lipinski definition) is 3. The Morgan fingerprint density at radius 1 is 1.35 bits per heavy atom. The number of nitriles is 1. The highest BCUT2D eigenvalue weighted by atomic mass is 19.4. The Labute approximate surface area is 113 Å². The summed E-state index contributed by atoms with van der Waals surface area (Å²) in [5, 5.41) is 8.81. The van der Waals surface area contributed by atoms with Crippen LogP contribution in [0.25, 0.3) is 11.4 Å². The Balaban J connectivity index is 2.58. The van der Waals surface area contributed by atoms with Crippen molar-refractivity contribution >= 4 is 0 Å². The van der Waals surface area contributed by atoms with Crippen molar-refractivity contribution in [3.63, 3.8) is 0 Å². The lowest BCUT2D eigenvalue weighted by Gasteiger charge is -2.08. The van der Waals surface area contributed by atoms with Crippen molar-refractivity contribution in [2.24, 2.45) is 7.05 Å². The molecular weight excluding hydrogens is 271 g/mol. The summed E-state index contributed by atoms with van der Waals surface area (Å²) in [4.78, 5) is 3.59. The number of ether oxygens (including phenoxy) is 1. The largest absolute Gasteiger partial charge is 0.496 e. The number of halogens is 3. The van der Waals surface area contributed by atoms with Gasteiger partial charge in [0.15, 0.2) is 5.69 Å². The number of imidazole rings is 1. The third-order valence-corrected chi connectivity index (χ3v) is 2.74. The van der Waals surface area contributed by atoms with Crippen LogP contribution in [0.1, 0.15) is 11.3 Å². The second-order valence-corrected chi connectivity index (χ2v) is 4.09. The summed E-state index contributed by atoms with van der Waals surface area (Å²) < 4.78 is 44.3. The quantitative estimate of drug-likeness (QED) is 0.850. The first-order valence-electron chi connectivity index (χ1n) is 5.56. The van der Waals surface area contributed by atoms with Crippen LogP contribution in [0.5, 0.6) is 5.75 Å². The van der Waals surface area contributed by atoms with E-state index in [-0.39, 0.29) is 5.82 Å². The lowest BCUT2D eigenvalue weighted by atomic mass is 10.1. The molecule has 0 atom stereocenters. The van der Waals surface area contributed by atoms with Gasteiger partial charge in [-0.1, -0.05) is 0 Å². The van der Waals surface area contributed by atoms with Crippen LogP contribution in [0.4, 0.5) is 13.2 Å². The van der Waals surface area contributed by atoms with E-state index in [1.165, 1.54) is 36.9 Å². The van der Waals surface area contributed by atoms with Crippen molar-refractivity contribution < 1.29 is 17.9 Å². The summed E-state index contributed by atoms with van der Waals surface area (Å²) in [6.07, 6.45) is -3.59. The van der Waals surface area contributed by atoms with E-state index in [1.807, 2.05) is 6.07 Å². The molecule has 0 aliphatic heterocycles. The molecule has 4 nitrogen and oxygen atoms in total. The normalized spacial score (nSPS) is 11.2. The highest BCUT2D eigenvalue weighted by Gasteiger charge is 2.34. The van der Waals surface area contributed by atoms with E-state index in [4.69, 9.17) is 10.00 Å². The fourth-order valence-corrected chi connectivity index (χ4v) is 1.80. The monoisotopic (exact) mass is 281 g/mol. The third kappa shape index (κ3) is 2.45. The molecule has 0 amide bonds. The van der Waals surface area contributed by atoms with Gasteiger partial charge in [0, 0.05) is 13.2 Å². The Bertz CT molecular complexity index is 683. The van der Waals surface area contributed by atoms with E-state index in [0.29, 0.717) is 16.9 Å². The Morgan fingerprint density at radius 3 is 2.55 bits per heavy atom. The molecule has 1 aromatic heterocycles. The van der Waals surface area contributed by atoms with Gasteiger partial charge in [-0.2, -0.15) is 18.4 Å². The van der Waals surface area contributed by atoms with Gasteiger partial charge in [0.1, 0.15) is 11.6 Å². The fraction of sp³-hybridized carbons (Fsp3) is 0.231. The molecule has 0 spiro atoms. The Kier molecular flexibility index (Phi) is 3.40. The van der Waals surface area contributed by atoms with Gasteiger partial charge >= 0.3 is 6.18 Å². The van der Waals surface area contributed by atoms with Gasteiger partial charge in [-0.25, -0.2) is 4.98 Å². The standard InChI is InChI=1S/C13H10F3N3O/c1-19-7-11(13(14,15)16)18-12(19)9-4-3-8(6-17)5-10(9)20-2/h3-5,7H,1-2H3. The molecule has 1 heterocycles. The molecule has 0 saturated carbocycles. The van der Waals surface area contributed by atoms with Gasteiger partial charge in [-0.15, -0.1) is 0 Å². The zero-order valence-electron chi connectivity index (χ0n) is 10.7. The van der Waals surface area contributed by atoms with Crippen LogP contribution in [0.15, 0.2) is 24.4 Å². The maximum atomic E-state index is 12.6. The minimum Gasteiger partial charge on any atom is -0.496 e. The smallest absolute Gasteiger partial charge is 0.434 e. The van der Waals surface area contributed by atoms with E-state index in [9.17, 15) is 13.2 Å². The number of rotatable bonds is 2. The van der Waals surface area contributed by atoms with Crippen LogP contribution in [-0.4, -0.2) is 16.7 Å². The minimum absolute atomic E-state index is 0.124. The molecule has 0 bridgehead atoms. The summed E-state index contributed by atoms with van der Waals surface area (Å²) >= 11 is 0. The molecule has 0 saturated heterocycles. The van der Waals surface area contributed by atoms with Gasteiger partial charge in [-0.05, 0) is 18.2 Å². The predicted octanol–water partition coefficient (Wildman–Crippen LogP) is 2.99. The number of alkyl halides is 3. The molecule has 104 valence electrons. The van der Waals surface area contributed by atoms with Crippen LogP contribution in [0, 0.1) is 11.3 Å². The molecule has 0 radical (unpaired) electrons. The second-order valence-electron chi connectivity index (χ2n) is 4.09. The first-order chi connectivity index (χ1) is 9.36. The summed E-state index contributed by atoms with van der Waals surface area (Å²) in [7, 11) is 2.85. The van der Waals surface area contributed by atoms with Crippen molar-refractivity contribution in [1.82, 2.24) is 9.55 Å². The summed E-state index contributed by atoms with van der Waals surface area (Å²) in [5.41, 5.74) is -0.221. The number of aryl methyl sites for hydroxylation is 1. The van der Waals surface area contributed by atoms with Crippen molar-refractivity contribution in [2.45, 2.75) is 6.18 Å². The number of methoxy groups -OCH3 is 1. The second kappa shape index (κ2) is 4.89. The van der Waals surface area contributed by atoms with Crippen molar-refractivity contribution in [2.75, 3.05) is 7.11 Å². The number of aromatic nitrogens is 2. The topological polar surface area (TPSA) is 50.8 Å². The van der Waals surface area contributed by atoms with E-state index < -0.39 is 11.9 Å². The van der Waals surface area contributed by atoms with Crippen molar-refractivity contribution in [3.05, 3.63) is 35.7 Å². The molecule has 0 fully saturated rings. The fourth-order valence-electron chi connectivity index (χ4n) is 1.80. The minimum atomic E-state index is -4.50. The third-order valence-electron chi connectivity index (χ3n) is 2.74. The maximum absolute atomic E-state index is 12.6. The molecule has 0 N–H and O–H groups in total. The molecule has 1 aromatic carbocycles. The van der Waals surface area contributed by atoms with Gasteiger partial charge < -0.3 is 9.30 Å². The molecule has 2 rings (SSSR count). The molecule has 7 heteroatoms. The Hall–Kier alpha value is -2.49. The van der Waals surface area contributed by atoms with E-state index in [1.54, 1.807) is 0 Å². The highest BCUT2D eigenvalue weighted by Crippen LogP contribution is 2.34. The Morgan fingerprint density at radius 2 is 2.05 bits per heavy atom. The van der Waals surface area contributed by atoms with E-state index in [0.717, 1.165) is 6.20 Å². The first kappa shape index (κ1) is 13.9. The van der Waals surface area contributed by atoms with Crippen LogP contribution in [0.2, 0.25) is 0 Å². The van der Waals surface area contributed by atoms with Crippen LogP contribution in [-0.2, 0) is 13.2 Å². The summed E-state index contributed by atoms with van der Waals surface area (Å²) in [5.74, 6) is 0.421. The molecule has 2 aromatic rings. The first-order valence-corrected chi connectivity index (χ1v) is 5.56. The summed E-state index contributed by atoms with van der Waals surface area (Å²) in [6.45, 7) is 0. The average molecular weight is 281 g/mol. The van der Waals surface area contributed by atoms with Crippen molar-refractivity contribution in [1.29, 1.82) is 5.26 Å². The molecule has 0 unspecified atom stereocenters. The lowest BCUT2D eigenvalue weighted by Crippen LogP contribution is -2.05. The zero-order valence-corrected chi connectivity index (χ0v) is 10.7. The maximum Gasteiger partial charge on any atom is 0.434 e. The lowest BCUT2D eigenvalue weighted by molar-refractivity contribution is -0.140. The number of benzene rings is 1. The van der Waals surface area contributed by atoms with Crippen LogP contribution < -0.4 is 4.74 Å². The zero-order chi connectivity index (χ0) is 14.9. The van der Waals surface area contributed by atoms with Gasteiger partial charge in [-0.3, -0.25) is 0 Å². The average Bonchev–Trinajstić information content (AvgIpc) is 2.80. The molecular formula is C13H10F3N3O. The highest BCUT2D eigenvalue weighted by molar-refractivity contribution is 5.66. The number of nitrogens with zero attached hydrogens (tertiary/aromatic N) is 3. The number of hydrogen-bond donors (Lipinski definition) is 0. The molecule has 0 aliphatic carbocycles. The summed E-state index contributed by atoms with van der Waals surface area (Å²) in [6, 6.07) is 6.41. The van der Waals surface area contributed by atoms with Crippen molar-refractivity contribution in [3.8, 4) is 23.2 Å². The predicted molar refractivity (Wildman–Crippen MR) is 64.9 cm³/mol. The van der Waals surface area contributed by atoms with E-state index >= 15 is 0 Å².